The topological polar surface area (TPSA) is 141 Å². The third kappa shape index (κ3) is 9.99. The van der Waals surface area contributed by atoms with Gasteiger partial charge in [0.1, 0.15) is 23.3 Å². The lowest BCUT2D eigenvalue weighted by atomic mass is 10.0. The van der Waals surface area contributed by atoms with Gasteiger partial charge in [0.15, 0.2) is 0 Å². The van der Waals surface area contributed by atoms with E-state index in [0.29, 0.717) is 61.8 Å². The molecule has 0 bridgehead atoms. The Bertz CT molecular complexity index is 1460. The third-order valence-corrected chi connectivity index (χ3v) is 9.47. The van der Waals surface area contributed by atoms with Crippen molar-refractivity contribution < 1.29 is 36.6 Å². The van der Waals surface area contributed by atoms with Crippen molar-refractivity contribution >= 4 is 27.7 Å². The predicted octanol–water partition coefficient (Wildman–Crippen LogP) is 4.09. The maximum absolute atomic E-state index is 15.2. The number of benzene rings is 2. The van der Waals surface area contributed by atoms with Gasteiger partial charge in [-0.2, -0.15) is 0 Å². The first-order chi connectivity index (χ1) is 21.8. The molecule has 0 unspecified atom stereocenters. The molecule has 11 nitrogen and oxygen atoms in total. The first kappa shape index (κ1) is 36.3. The molecule has 1 heterocycles. The van der Waals surface area contributed by atoms with Crippen LogP contribution in [0.1, 0.15) is 56.4 Å². The van der Waals surface area contributed by atoms with E-state index in [1.54, 1.807) is 25.1 Å². The summed E-state index contributed by atoms with van der Waals surface area (Å²) < 4.78 is 66.3. The number of likely N-dealkylation sites (tertiary alicyclic amines) is 1. The number of amides is 1. The maximum Gasteiger partial charge on any atom is 0.407 e. The molecule has 1 aliphatic carbocycles. The number of nitrogens with zero attached hydrogens (tertiary/aromatic N) is 1. The molecule has 46 heavy (non-hydrogen) atoms. The molecule has 4 N–H and O–H groups in total. The summed E-state index contributed by atoms with van der Waals surface area (Å²) in [5.74, 6) is 0.0822. The van der Waals surface area contributed by atoms with E-state index in [4.69, 9.17) is 36.3 Å². The molecule has 2 aliphatic rings. The van der Waals surface area contributed by atoms with Crippen molar-refractivity contribution in [3.63, 3.8) is 0 Å². The zero-order valence-electron chi connectivity index (χ0n) is 26.9. The van der Waals surface area contributed by atoms with Gasteiger partial charge >= 0.3 is 6.09 Å². The molecule has 0 spiro atoms. The van der Waals surface area contributed by atoms with Crippen molar-refractivity contribution in [2.75, 3.05) is 52.6 Å². The largest absolute Gasteiger partial charge is 0.484 e. The minimum absolute atomic E-state index is 0.0909. The molecule has 3 atom stereocenters. The number of hydrogen-bond acceptors (Lipinski definition) is 9. The predicted molar refractivity (Wildman–Crippen MR) is 173 cm³/mol. The van der Waals surface area contributed by atoms with Crippen molar-refractivity contribution in [2.24, 2.45) is 5.73 Å². The van der Waals surface area contributed by atoms with Gasteiger partial charge in [-0.1, -0.05) is 11.6 Å². The Morgan fingerprint density at radius 2 is 1.87 bits per heavy atom. The molecule has 0 aromatic heterocycles. The highest BCUT2D eigenvalue weighted by Gasteiger charge is 2.42. The van der Waals surface area contributed by atoms with E-state index in [2.05, 4.69) is 14.9 Å². The Morgan fingerprint density at radius 1 is 1.13 bits per heavy atom. The van der Waals surface area contributed by atoms with Crippen LogP contribution in [0.4, 0.5) is 9.18 Å². The van der Waals surface area contributed by atoms with Crippen LogP contribution in [-0.2, 0) is 30.7 Å². The number of hydrogen-bond donors (Lipinski definition) is 3. The Hall–Kier alpha value is -2.52. The minimum atomic E-state index is -3.80. The molecule has 1 amide bonds. The lowest BCUT2D eigenvalue weighted by Gasteiger charge is -2.39. The smallest absolute Gasteiger partial charge is 0.407 e. The van der Waals surface area contributed by atoms with E-state index in [1.807, 2.05) is 20.8 Å². The molecule has 0 radical (unpaired) electrons. The molecule has 1 aliphatic heterocycles. The van der Waals surface area contributed by atoms with Crippen LogP contribution >= 0.6 is 11.6 Å². The molecular formula is C32H46ClFN4O7S. The Morgan fingerprint density at radius 3 is 2.57 bits per heavy atom. The van der Waals surface area contributed by atoms with Crippen LogP contribution in [0.15, 0.2) is 35.2 Å². The van der Waals surface area contributed by atoms with Crippen LogP contribution in [0.3, 0.4) is 0 Å². The monoisotopic (exact) mass is 684 g/mol. The van der Waals surface area contributed by atoms with Crippen LogP contribution in [0.2, 0.25) is 5.02 Å². The van der Waals surface area contributed by atoms with E-state index < -0.39 is 33.6 Å². The van der Waals surface area contributed by atoms with Gasteiger partial charge in [0.2, 0.25) is 10.0 Å². The summed E-state index contributed by atoms with van der Waals surface area (Å²) in [4.78, 5) is 14.8. The van der Waals surface area contributed by atoms with Crippen molar-refractivity contribution in [1.29, 1.82) is 0 Å². The number of aryl methyl sites for hydroxylation is 1. The Labute approximate surface area is 276 Å². The summed E-state index contributed by atoms with van der Waals surface area (Å²) in [7, 11) is -3.80. The van der Waals surface area contributed by atoms with Gasteiger partial charge in [0.25, 0.3) is 0 Å². The standard InChI is InChI=1S/C32H46ClFN4O7S/c1-21-16-24(46(40,41)36-10-13-43-15-14-42-12-9-35)7-8-29(21)44-30-26-17-22(33)18-27(34)25(26)19-28(30)38-11-5-6-23(20-38)37-31(39)45-32(2,3)4/h7-8,16-18,23,28,30,36H,5-6,9-15,19-20,35H2,1-4H3,(H,37,39)/t23-,28+,30+/m1/s1. The molecular weight excluding hydrogens is 639 g/mol. The highest BCUT2D eigenvalue weighted by molar-refractivity contribution is 7.89. The van der Waals surface area contributed by atoms with Gasteiger partial charge in [0.05, 0.1) is 37.4 Å². The van der Waals surface area contributed by atoms with Crippen LogP contribution in [-0.4, -0.2) is 89.7 Å². The summed E-state index contributed by atoms with van der Waals surface area (Å²) in [5, 5.41) is 3.25. The summed E-state index contributed by atoms with van der Waals surface area (Å²) in [6, 6.07) is 7.30. The first-order valence-electron chi connectivity index (χ1n) is 15.6. The SMILES string of the molecule is Cc1cc(S(=O)(=O)NCCOCCOCCN)ccc1O[C@H]1c2cc(Cl)cc(F)c2C[C@@H]1N1CCC[C@@H](NC(=O)OC(C)(C)C)C1. The number of carbonyl (C=O) groups is 1. The number of nitrogens with two attached hydrogens (primary N) is 1. The Balaban J connectivity index is 1.46. The number of halogens is 2. The molecule has 2 aromatic rings. The average Bonchev–Trinajstić information content (AvgIpc) is 3.33. The fourth-order valence-electron chi connectivity index (χ4n) is 5.77. The number of rotatable bonds is 14. The van der Waals surface area contributed by atoms with Crippen LogP contribution in [0.25, 0.3) is 0 Å². The molecule has 1 saturated heterocycles. The van der Waals surface area contributed by atoms with Crippen molar-refractivity contribution in [1.82, 2.24) is 14.9 Å². The van der Waals surface area contributed by atoms with Gasteiger partial charge in [-0.05, 0) is 95.0 Å². The van der Waals surface area contributed by atoms with E-state index in [1.165, 1.54) is 12.1 Å². The second-order valence-electron chi connectivity index (χ2n) is 12.6. The van der Waals surface area contributed by atoms with Gasteiger partial charge in [-0.15, -0.1) is 0 Å². The molecule has 1 fully saturated rings. The zero-order valence-corrected chi connectivity index (χ0v) is 28.5. The van der Waals surface area contributed by atoms with E-state index in [9.17, 15) is 13.2 Å². The van der Waals surface area contributed by atoms with Crippen LogP contribution < -0.4 is 20.5 Å². The fraction of sp³-hybridized carbons (Fsp3) is 0.594. The number of nitrogens with one attached hydrogen (secondary N) is 2. The maximum atomic E-state index is 15.2. The van der Waals surface area contributed by atoms with Crippen LogP contribution in [0.5, 0.6) is 5.75 Å². The molecule has 2 aromatic carbocycles. The molecule has 256 valence electrons. The van der Waals surface area contributed by atoms with Crippen LogP contribution in [0, 0.1) is 12.7 Å². The summed E-state index contributed by atoms with van der Waals surface area (Å²) in [5.41, 5.74) is 6.55. The van der Waals surface area contributed by atoms with Crippen molar-refractivity contribution in [3.8, 4) is 5.75 Å². The van der Waals surface area contributed by atoms with E-state index >= 15 is 4.39 Å². The highest BCUT2D eigenvalue weighted by Crippen LogP contribution is 2.42. The van der Waals surface area contributed by atoms with Gasteiger partial charge in [-0.3, -0.25) is 4.90 Å². The summed E-state index contributed by atoms with van der Waals surface area (Å²) in [6.45, 7) is 10.4. The zero-order chi connectivity index (χ0) is 33.5. The summed E-state index contributed by atoms with van der Waals surface area (Å²) in [6.07, 6.45) is 0.974. The number of piperidine rings is 1. The highest BCUT2D eigenvalue weighted by atomic mass is 35.5. The molecule has 4 rings (SSSR count). The average molecular weight is 685 g/mol. The van der Waals surface area contributed by atoms with E-state index in [0.717, 1.165) is 19.4 Å². The minimum Gasteiger partial charge on any atom is -0.484 e. The second kappa shape index (κ2) is 16.1. The number of carbonyl (C=O) groups excluding carboxylic acids is 1. The molecule has 0 saturated carbocycles. The number of ether oxygens (including phenoxy) is 4. The van der Waals surface area contributed by atoms with Crippen molar-refractivity contribution in [3.05, 3.63) is 57.9 Å². The lowest BCUT2D eigenvalue weighted by Crippen LogP contribution is -2.53. The van der Waals surface area contributed by atoms with Crippen molar-refractivity contribution in [2.45, 2.75) is 75.6 Å². The van der Waals surface area contributed by atoms with E-state index in [-0.39, 0.29) is 35.2 Å². The van der Waals surface area contributed by atoms with Gasteiger partial charge in [-0.25, -0.2) is 22.3 Å². The summed E-state index contributed by atoms with van der Waals surface area (Å²) >= 11 is 6.29. The Kier molecular flexibility index (Phi) is 12.7. The molecule has 14 heteroatoms. The van der Waals surface area contributed by atoms with Gasteiger partial charge < -0.3 is 30.0 Å². The quantitative estimate of drug-likeness (QED) is 0.251. The number of sulfonamides is 1. The lowest BCUT2D eigenvalue weighted by molar-refractivity contribution is 0.0360. The number of alkyl carbamates (subject to hydrolysis) is 1. The normalized spacial score (nSPS) is 20.4. The first-order valence-corrected chi connectivity index (χ1v) is 17.5. The second-order valence-corrected chi connectivity index (χ2v) is 14.8. The fourth-order valence-corrected chi connectivity index (χ4v) is 7.08. The third-order valence-electron chi connectivity index (χ3n) is 7.79. The number of fused-ring (bicyclic) bond motifs is 1. The van der Waals surface area contributed by atoms with Gasteiger partial charge in [0, 0.05) is 36.3 Å².